The van der Waals surface area contributed by atoms with Crippen LogP contribution in [0.1, 0.15) is 12.6 Å². The highest BCUT2D eigenvalue weighted by Crippen LogP contribution is 2.31. The minimum atomic E-state index is -0.132. The summed E-state index contributed by atoms with van der Waals surface area (Å²) in [6, 6.07) is 7.11. The predicted octanol–water partition coefficient (Wildman–Crippen LogP) is 3.08. The number of rotatable bonds is 5. The maximum absolute atomic E-state index is 12.1. The van der Waals surface area contributed by atoms with Crippen LogP contribution in [0.2, 0.25) is 5.02 Å². The molecule has 3 rings (SSSR count). The molecule has 2 N–H and O–H groups in total. The van der Waals surface area contributed by atoms with E-state index in [2.05, 4.69) is 15.2 Å². The largest absolute Gasteiger partial charge is 0.336 e. The van der Waals surface area contributed by atoms with E-state index in [9.17, 15) is 4.79 Å². The van der Waals surface area contributed by atoms with Gasteiger partial charge in [0.25, 0.3) is 0 Å². The number of benzene rings is 1. The third kappa shape index (κ3) is 3.69. The van der Waals surface area contributed by atoms with Gasteiger partial charge in [0, 0.05) is 23.1 Å². The zero-order chi connectivity index (χ0) is 17.1. The number of halogens is 1. The van der Waals surface area contributed by atoms with Crippen molar-refractivity contribution in [1.29, 1.82) is 0 Å². The molecule has 0 aliphatic heterocycles. The summed E-state index contributed by atoms with van der Waals surface area (Å²) in [6.07, 6.45) is 1.44. The zero-order valence-electron chi connectivity index (χ0n) is 12.6. The Morgan fingerprint density at radius 3 is 3.00 bits per heavy atom. The SMILES string of the molecule is CC(=O)N(c1cccc(Cl)c1)c1nc(CSc2nncn2N)cs1. The monoisotopic (exact) mass is 380 g/mol. The van der Waals surface area contributed by atoms with Crippen molar-refractivity contribution in [3.8, 4) is 0 Å². The highest BCUT2D eigenvalue weighted by atomic mass is 35.5. The number of amides is 1. The summed E-state index contributed by atoms with van der Waals surface area (Å²) in [5, 5.41) is 11.3. The predicted molar refractivity (Wildman–Crippen MR) is 96.1 cm³/mol. The first-order chi connectivity index (χ1) is 11.5. The molecule has 0 unspecified atom stereocenters. The number of hydrogen-bond donors (Lipinski definition) is 1. The molecule has 0 aliphatic carbocycles. The molecule has 1 aromatic carbocycles. The Balaban J connectivity index is 1.79. The molecule has 0 spiro atoms. The summed E-state index contributed by atoms with van der Waals surface area (Å²) < 4.78 is 1.35. The second kappa shape index (κ2) is 7.20. The zero-order valence-corrected chi connectivity index (χ0v) is 15.0. The van der Waals surface area contributed by atoms with Gasteiger partial charge in [0.1, 0.15) is 6.33 Å². The molecule has 3 aromatic rings. The van der Waals surface area contributed by atoms with Crippen LogP contribution in [0.25, 0.3) is 0 Å². The van der Waals surface area contributed by atoms with Gasteiger partial charge in [0.15, 0.2) is 5.13 Å². The molecule has 0 fully saturated rings. The van der Waals surface area contributed by atoms with Crippen molar-refractivity contribution in [3.63, 3.8) is 0 Å². The van der Waals surface area contributed by atoms with Crippen molar-refractivity contribution in [2.45, 2.75) is 17.8 Å². The van der Waals surface area contributed by atoms with Gasteiger partial charge in [0.2, 0.25) is 11.1 Å². The van der Waals surface area contributed by atoms with Crippen LogP contribution in [0.3, 0.4) is 0 Å². The summed E-state index contributed by atoms with van der Waals surface area (Å²) >= 11 is 8.84. The number of carbonyl (C=O) groups is 1. The molecular formula is C14H13ClN6OS2. The van der Waals surface area contributed by atoms with E-state index in [1.807, 2.05) is 11.4 Å². The molecule has 24 heavy (non-hydrogen) atoms. The lowest BCUT2D eigenvalue weighted by Crippen LogP contribution is -2.22. The molecule has 10 heteroatoms. The molecular weight excluding hydrogens is 368 g/mol. The molecule has 124 valence electrons. The molecule has 0 atom stereocenters. The first-order valence-corrected chi connectivity index (χ1v) is 9.07. The minimum Gasteiger partial charge on any atom is -0.336 e. The maximum Gasteiger partial charge on any atom is 0.230 e. The Bertz CT molecular complexity index is 864. The standard InChI is InChI=1S/C14H13ClN6OS2/c1-9(22)21(12-4-2-3-10(15)5-12)13-18-11(6-23-13)7-24-14-19-17-8-20(14)16/h2-6,8H,7,16H2,1H3. The molecule has 0 bridgehead atoms. The molecule has 1 amide bonds. The number of hydrogen-bond acceptors (Lipinski definition) is 7. The van der Waals surface area contributed by atoms with Gasteiger partial charge < -0.3 is 5.84 Å². The highest BCUT2D eigenvalue weighted by Gasteiger charge is 2.18. The number of nitrogens with two attached hydrogens (primary N) is 1. The maximum atomic E-state index is 12.1. The minimum absolute atomic E-state index is 0.132. The summed E-state index contributed by atoms with van der Waals surface area (Å²) in [5.41, 5.74) is 1.52. The summed E-state index contributed by atoms with van der Waals surface area (Å²) in [5.74, 6) is 6.12. The van der Waals surface area contributed by atoms with Crippen molar-refractivity contribution < 1.29 is 4.79 Å². The fourth-order valence-electron chi connectivity index (χ4n) is 1.98. The smallest absolute Gasteiger partial charge is 0.230 e. The van der Waals surface area contributed by atoms with E-state index < -0.39 is 0 Å². The van der Waals surface area contributed by atoms with E-state index in [4.69, 9.17) is 17.4 Å². The molecule has 2 heterocycles. The van der Waals surface area contributed by atoms with Crippen molar-refractivity contribution in [3.05, 3.63) is 46.7 Å². The van der Waals surface area contributed by atoms with Crippen LogP contribution < -0.4 is 10.7 Å². The summed E-state index contributed by atoms with van der Waals surface area (Å²) in [4.78, 5) is 18.1. The molecule has 2 aromatic heterocycles. The van der Waals surface area contributed by atoms with Crippen LogP contribution in [0.5, 0.6) is 0 Å². The number of thiazole rings is 1. The van der Waals surface area contributed by atoms with E-state index in [-0.39, 0.29) is 5.91 Å². The Morgan fingerprint density at radius 2 is 2.33 bits per heavy atom. The van der Waals surface area contributed by atoms with Crippen molar-refractivity contribution in [2.75, 3.05) is 10.7 Å². The average molecular weight is 381 g/mol. The lowest BCUT2D eigenvalue weighted by molar-refractivity contribution is -0.115. The normalized spacial score (nSPS) is 10.8. The Kier molecular flexibility index (Phi) is 5.03. The third-order valence-electron chi connectivity index (χ3n) is 3.00. The molecule has 0 radical (unpaired) electrons. The second-order valence-electron chi connectivity index (χ2n) is 4.77. The van der Waals surface area contributed by atoms with Crippen molar-refractivity contribution in [2.24, 2.45) is 0 Å². The molecule has 7 nitrogen and oxygen atoms in total. The Labute approximate surface area is 151 Å². The number of carbonyl (C=O) groups excluding carboxylic acids is 1. The van der Waals surface area contributed by atoms with E-state index >= 15 is 0 Å². The van der Waals surface area contributed by atoms with Crippen LogP contribution in [-0.4, -0.2) is 25.8 Å². The quantitative estimate of drug-likeness (QED) is 0.540. The summed E-state index contributed by atoms with van der Waals surface area (Å²) in [7, 11) is 0. The first kappa shape index (κ1) is 16.7. The highest BCUT2D eigenvalue weighted by molar-refractivity contribution is 7.98. The van der Waals surface area contributed by atoms with Crippen LogP contribution in [-0.2, 0) is 10.5 Å². The van der Waals surface area contributed by atoms with Gasteiger partial charge in [-0.15, -0.1) is 21.5 Å². The fourth-order valence-corrected chi connectivity index (χ4v) is 3.88. The lowest BCUT2D eigenvalue weighted by atomic mass is 10.3. The number of aromatic nitrogens is 4. The van der Waals surface area contributed by atoms with Crippen molar-refractivity contribution in [1.82, 2.24) is 19.9 Å². The van der Waals surface area contributed by atoms with Gasteiger partial charge in [0.05, 0.1) is 11.4 Å². The first-order valence-electron chi connectivity index (χ1n) is 6.83. The van der Waals surface area contributed by atoms with Gasteiger partial charge in [-0.25, -0.2) is 9.66 Å². The number of nitrogens with zero attached hydrogens (tertiary/aromatic N) is 5. The number of anilines is 2. The van der Waals surface area contributed by atoms with Gasteiger partial charge >= 0.3 is 0 Å². The Morgan fingerprint density at radius 1 is 1.50 bits per heavy atom. The fraction of sp³-hybridized carbons (Fsp3) is 0.143. The molecule has 0 saturated carbocycles. The van der Waals surface area contributed by atoms with Crippen LogP contribution in [0, 0.1) is 0 Å². The molecule has 0 saturated heterocycles. The summed E-state index contributed by atoms with van der Waals surface area (Å²) in [6.45, 7) is 1.49. The molecule has 0 aliphatic rings. The van der Waals surface area contributed by atoms with E-state index in [0.717, 1.165) is 5.69 Å². The number of nitrogen functional groups attached to an aromatic ring is 1. The van der Waals surface area contributed by atoms with E-state index in [1.54, 1.807) is 18.2 Å². The third-order valence-corrected chi connectivity index (χ3v) is 5.10. The lowest BCUT2D eigenvalue weighted by Gasteiger charge is -2.18. The number of thioether (sulfide) groups is 1. The Hall–Kier alpha value is -2.10. The average Bonchev–Trinajstić information content (AvgIpc) is 3.14. The van der Waals surface area contributed by atoms with E-state index in [0.29, 0.717) is 26.8 Å². The van der Waals surface area contributed by atoms with Crippen LogP contribution >= 0.6 is 34.7 Å². The van der Waals surface area contributed by atoms with Gasteiger partial charge in [-0.1, -0.05) is 29.4 Å². The van der Waals surface area contributed by atoms with Gasteiger partial charge in [-0.3, -0.25) is 9.69 Å². The van der Waals surface area contributed by atoms with Crippen molar-refractivity contribution >= 4 is 51.4 Å². The van der Waals surface area contributed by atoms with Crippen LogP contribution in [0.4, 0.5) is 10.8 Å². The second-order valence-corrected chi connectivity index (χ2v) is 6.98. The topological polar surface area (TPSA) is 89.9 Å². The van der Waals surface area contributed by atoms with Crippen LogP contribution in [0.15, 0.2) is 41.1 Å². The van der Waals surface area contributed by atoms with E-state index in [1.165, 1.54) is 45.9 Å². The van der Waals surface area contributed by atoms with Gasteiger partial charge in [-0.05, 0) is 18.2 Å². The van der Waals surface area contributed by atoms with Gasteiger partial charge in [-0.2, -0.15) is 0 Å².